The van der Waals surface area contributed by atoms with Gasteiger partial charge in [-0.05, 0) is 43.3 Å². The van der Waals surface area contributed by atoms with Gasteiger partial charge in [0.25, 0.3) is 11.8 Å². The summed E-state index contributed by atoms with van der Waals surface area (Å²) in [6.07, 6.45) is 0. The van der Waals surface area contributed by atoms with E-state index in [0.29, 0.717) is 5.69 Å². The Morgan fingerprint density at radius 3 is 1.96 bits per heavy atom. The molecule has 1 aliphatic heterocycles. The normalized spacial score (nSPS) is 14.9. The zero-order valence-corrected chi connectivity index (χ0v) is 14.5. The number of nitrogens with two attached hydrogens (primary N) is 1. The predicted molar refractivity (Wildman–Crippen MR) is 92.8 cm³/mol. The van der Waals surface area contributed by atoms with Gasteiger partial charge in [0.2, 0.25) is 15.9 Å². The molecule has 0 saturated carbocycles. The van der Waals surface area contributed by atoms with Gasteiger partial charge in [0, 0.05) is 5.69 Å². The summed E-state index contributed by atoms with van der Waals surface area (Å²) in [6, 6.07) is 10.5. The first-order valence-electron chi connectivity index (χ1n) is 7.61. The Balaban J connectivity index is 1.77. The first-order chi connectivity index (χ1) is 12.2. The maximum atomic E-state index is 12.4. The fraction of sp³-hybridized carbons (Fsp3) is 0.118. The second-order valence-electron chi connectivity index (χ2n) is 5.76. The van der Waals surface area contributed by atoms with E-state index in [4.69, 9.17) is 5.14 Å². The van der Waals surface area contributed by atoms with Gasteiger partial charge < -0.3 is 5.32 Å². The molecular formula is C17H15N3O5S. The molecule has 134 valence electrons. The van der Waals surface area contributed by atoms with E-state index in [0.717, 1.165) is 4.90 Å². The number of rotatable bonds is 4. The zero-order chi connectivity index (χ0) is 19.1. The maximum absolute atomic E-state index is 12.4. The number of hydrogen-bond acceptors (Lipinski definition) is 5. The van der Waals surface area contributed by atoms with Gasteiger partial charge in [0.1, 0.15) is 6.04 Å². The Labute approximate surface area is 149 Å². The summed E-state index contributed by atoms with van der Waals surface area (Å²) in [5.41, 5.74) is 0.829. The number of hydrogen-bond donors (Lipinski definition) is 2. The van der Waals surface area contributed by atoms with E-state index in [1.54, 1.807) is 12.1 Å². The molecule has 2 aromatic rings. The molecule has 9 heteroatoms. The monoisotopic (exact) mass is 373 g/mol. The van der Waals surface area contributed by atoms with Gasteiger partial charge >= 0.3 is 0 Å². The van der Waals surface area contributed by atoms with Gasteiger partial charge in [0.05, 0.1) is 16.0 Å². The van der Waals surface area contributed by atoms with Gasteiger partial charge in [-0.1, -0.05) is 12.1 Å². The Morgan fingerprint density at radius 2 is 1.50 bits per heavy atom. The van der Waals surface area contributed by atoms with E-state index in [1.807, 2.05) is 0 Å². The minimum absolute atomic E-state index is 0.0936. The number of anilines is 1. The fourth-order valence-electron chi connectivity index (χ4n) is 2.65. The van der Waals surface area contributed by atoms with Crippen LogP contribution in [0.5, 0.6) is 0 Å². The molecular weight excluding hydrogens is 358 g/mol. The number of benzene rings is 2. The Hall–Kier alpha value is -3.04. The molecule has 3 amide bonds. The SMILES string of the molecule is C[C@@H](C(=O)Nc1ccc(S(N)(=O)=O)cc1)N1C(=O)c2ccccc2C1=O. The van der Waals surface area contributed by atoms with Crippen molar-refractivity contribution in [3.05, 3.63) is 59.7 Å². The van der Waals surface area contributed by atoms with E-state index >= 15 is 0 Å². The molecule has 8 nitrogen and oxygen atoms in total. The van der Waals surface area contributed by atoms with Crippen LogP contribution in [-0.2, 0) is 14.8 Å². The third-order valence-electron chi connectivity index (χ3n) is 4.04. The van der Waals surface area contributed by atoms with Crippen molar-refractivity contribution in [3.63, 3.8) is 0 Å². The lowest BCUT2D eigenvalue weighted by Gasteiger charge is -2.21. The number of carbonyl (C=O) groups is 3. The largest absolute Gasteiger partial charge is 0.324 e. The summed E-state index contributed by atoms with van der Waals surface area (Å²) in [6.45, 7) is 1.44. The molecule has 0 spiro atoms. The number of nitrogens with one attached hydrogen (secondary N) is 1. The average molecular weight is 373 g/mol. The standard InChI is InChI=1S/C17H15N3O5S/c1-10(20-16(22)13-4-2-3-5-14(13)17(20)23)15(21)19-11-6-8-12(9-7-11)26(18,24)25/h2-10H,1H3,(H,19,21)(H2,18,24,25)/t10-/m0/s1. The van der Waals surface area contributed by atoms with Crippen LogP contribution in [0.2, 0.25) is 0 Å². The smallest absolute Gasteiger partial charge is 0.262 e. The van der Waals surface area contributed by atoms with Crippen molar-refractivity contribution in [2.24, 2.45) is 5.14 Å². The minimum Gasteiger partial charge on any atom is -0.324 e. The van der Waals surface area contributed by atoms with Crippen molar-refractivity contribution < 1.29 is 22.8 Å². The number of fused-ring (bicyclic) bond motifs is 1. The van der Waals surface area contributed by atoms with E-state index < -0.39 is 33.8 Å². The Morgan fingerprint density at radius 1 is 1.00 bits per heavy atom. The van der Waals surface area contributed by atoms with E-state index in [9.17, 15) is 22.8 Å². The third-order valence-corrected chi connectivity index (χ3v) is 4.97. The summed E-state index contributed by atoms with van der Waals surface area (Å²) in [5, 5.41) is 7.56. The highest BCUT2D eigenvalue weighted by atomic mass is 32.2. The molecule has 0 fully saturated rings. The number of amides is 3. The molecule has 2 aromatic carbocycles. The number of imide groups is 1. The van der Waals surface area contributed by atoms with E-state index in [1.165, 1.54) is 43.3 Å². The quantitative estimate of drug-likeness (QED) is 0.772. The molecule has 0 aliphatic carbocycles. The summed E-state index contributed by atoms with van der Waals surface area (Å²) >= 11 is 0. The highest BCUT2D eigenvalue weighted by molar-refractivity contribution is 7.89. The first kappa shape index (κ1) is 17.8. The van der Waals surface area contributed by atoms with Gasteiger partial charge in [-0.15, -0.1) is 0 Å². The van der Waals surface area contributed by atoms with Crippen LogP contribution >= 0.6 is 0 Å². The maximum Gasteiger partial charge on any atom is 0.262 e. The summed E-state index contributed by atoms with van der Waals surface area (Å²) in [4.78, 5) is 38.0. The second kappa shape index (κ2) is 6.36. The fourth-order valence-corrected chi connectivity index (χ4v) is 3.17. The zero-order valence-electron chi connectivity index (χ0n) is 13.7. The molecule has 0 saturated heterocycles. The third kappa shape index (κ3) is 3.09. The van der Waals surface area contributed by atoms with Crippen LogP contribution in [0.15, 0.2) is 53.4 Å². The summed E-state index contributed by atoms with van der Waals surface area (Å²) in [5.74, 6) is -1.64. The van der Waals surface area contributed by atoms with E-state index in [-0.39, 0.29) is 16.0 Å². The molecule has 0 aromatic heterocycles. The van der Waals surface area contributed by atoms with Crippen LogP contribution in [0.4, 0.5) is 5.69 Å². The predicted octanol–water partition coefficient (Wildman–Crippen LogP) is 0.957. The van der Waals surface area contributed by atoms with Crippen LogP contribution in [0.1, 0.15) is 27.6 Å². The molecule has 0 bridgehead atoms. The van der Waals surface area contributed by atoms with Crippen LogP contribution in [0, 0.1) is 0 Å². The van der Waals surface area contributed by atoms with Crippen molar-refractivity contribution in [2.45, 2.75) is 17.9 Å². The van der Waals surface area contributed by atoms with Gasteiger partial charge in [0.15, 0.2) is 0 Å². The van der Waals surface area contributed by atoms with Crippen molar-refractivity contribution in [2.75, 3.05) is 5.32 Å². The molecule has 1 aliphatic rings. The lowest BCUT2D eigenvalue weighted by Crippen LogP contribution is -2.45. The van der Waals surface area contributed by atoms with Crippen LogP contribution in [0.25, 0.3) is 0 Å². The lowest BCUT2D eigenvalue weighted by molar-refractivity contribution is -0.119. The highest BCUT2D eigenvalue weighted by Crippen LogP contribution is 2.25. The van der Waals surface area contributed by atoms with Crippen molar-refractivity contribution >= 4 is 33.4 Å². The lowest BCUT2D eigenvalue weighted by atomic mass is 10.1. The highest BCUT2D eigenvalue weighted by Gasteiger charge is 2.40. The molecule has 1 heterocycles. The van der Waals surface area contributed by atoms with Crippen LogP contribution in [-0.4, -0.2) is 37.1 Å². The Kier molecular flexibility index (Phi) is 4.34. The topological polar surface area (TPSA) is 127 Å². The van der Waals surface area contributed by atoms with Crippen molar-refractivity contribution in [1.82, 2.24) is 4.90 Å². The molecule has 26 heavy (non-hydrogen) atoms. The number of sulfonamides is 1. The summed E-state index contributed by atoms with van der Waals surface area (Å²) in [7, 11) is -3.83. The molecule has 0 unspecified atom stereocenters. The minimum atomic E-state index is -3.83. The van der Waals surface area contributed by atoms with Gasteiger partial charge in [-0.3, -0.25) is 19.3 Å². The molecule has 0 radical (unpaired) electrons. The van der Waals surface area contributed by atoms with E-state index in [2.05, 4.69) is 5.32 Å². The summed E-state index contributed by atoms with van der Waals surface area (Å²) < 4.78 is 22.5. The number of nitrogens with zero attached hydrogens (tertiary/aromatic N) is 1. The molecule has 3 N–H and O–H groups in total. The molecule has 3 rings (SSSR count). The number of primary sulfonamides is 1. The first-order valence-corrected chi connectivity index (χ1v) is 9.15. The average Bonchev–Trinajstić information content (AvgIpc) is 2.85. The van der Waals surface area contributed by atoms with Crippen molar-refractivity contribution in [3.8, 4) is 0 Å². The molecule has 1 atom stereocenters. The Bertz CT molecular complexity index is 980. The van der Waals surface area contributed by atoms with Crippen LogP contribution < -0.4 is 10.5 Å². The van der Waals surface area contributed by atoms with Crippen molar-refractivity contribution in [1.29, 1.82) is 0 Å². The second-order valence-corrected chi connectivity index (χ2v) is 7.32. The van der Waals surface area contributed by atoms with Crippen LogP contribution in [0.3, 0.4) is 0 Å². The van der Waals surface area contributed by atoms with Gasteiger partial charge in [-0.2, -0.15) is 0 Å². The number of carbonyl (C=O) groups excluding carboxylic acids is 3. The van der Waals surface area contributed by atoms with Gasteiger partial charge in [-0.25, -0.2) is 13.6 Å².